The number of hydrogen-bond donors (Lipinski definition) is 1. The average Bonchev–Trinajstić information content (AvgIpc) is 2.86. The van der Waals surface area contributed by atoms with E-state index in [0.717, 1.165) is 36.0 Å². The van der Waals surface area contributed by atoms with Crippen molar-refractivity contribution in [3.63, 3.8) is 0 Å². The van der Waals surface area contributed by atoms with Gasteiger partial charge in [-0.15, -0.1) is 0 Å². The molecule has 0 aromatic heterocycles. The molecule has 0 radical (unpaired) electrons. The molecule has 3 nitrogen and oxygen atoms in total. The molecule has 0 bridgehead atoms. The molecule has 1 aromatic carbocycles. The first-order valence-electron chi connectivity index (χ1n) is 6.25. The summed E-state index contributed by atoms with van der Waals surface area (Å²) in [5.41, 5.74) is 0.277. The lowest BCUT2D eigenvalue weighted by Crippen LogP contribution is -2.52. The second-order valence-electron chi connectivity index (χ2n) is 5.08. The third-order valence-corrected chi connectivity index (χ3v) is 4.26. The van der Waals surface area contributed by atoms with Crippen molar-refractivity contribution in [3.8, 4) is 0 Å². The summed E-state index contributed by atoms with van der Waals surface area (Å²) in [5, 5.41) is 9.56. The third kappa shape index (κ3) is 2.75. The molecule has 2 rings (SSSR count). The summed E-state index contributed by atoms with van der Waals surface area (Å²) < 4.78 is 1.02. The summed E-state index contributed by atoms with van der Waals surface area (Å²) in [6.07, 6.45) is 2.75. The largest absolute Gasteiger partial charge is 0.480 e. The summed E-state index contributed by atoms with van der Waals surface area (Å²) >= 11 is 3.39. The number of rotatable bonds is 4. The Labute approximate surface area is 116 Å². The van der Waals surface area contributed by atoms with Crippen LogP contribution >= 0.6 is 15.9 Å². The van der Waals surface area contributed by atoms with E-state index < -0.39 is 11.5 Å². The van der Waals surface area contributed by atoms with Crippen LogP contribution in [-0.4, -0.2) is 34.6 Å². The van der Waals surface area contributed by atoms with Crippen LogP contribution in [0.3, 0.4) is 0 Å². The Morgan fingerprint density at radius 2 is 1.89 bits per heavy atom. The van der Waals surface area contributed by atoms with Gasteiger partial charge in [-0.25, -0.2) is 0 Å². The monoisotopic (exact) mass is 311 g/mol. The van der Waals surface area contributed by atoms with E-state index in [-0.39, 0.29) is 0 Å². The minimum absolute atomic E-state index is 0.551. The van der Waals surface area contributed by atoms with Crippen LogP contribution in [0.5, 0.6) is 0 Å². The second-order valence-corrected chi connectivity index (χ2v) is 5.99. The van der Waals surface area contributed by atoms with Crippen LogP contribution < -0.4 is 0 Å². The van der Waals surface area contributed by atoms with E-state index in [1.165, 1.54) is 0 Å². The number of carboxylic acid groups (broad SMARTS) is 1. The third-order valence-electron chi connectivity index (χ3n) is 3.73. The lowest BCUT2D eigenvalue weighted by molar-refractivity contribution is -0.149. The highest BCUT2D eigenvalue weighted by molar-refractivity contribution is 9.10. The standard InChI is InChI=1S/C14H18BrNO2/c1-14(13(17)18,16-8-2-3-9-16)10-11-4-6-12(15)7-5-11/h4-7H,2-3,8-10H2,1H3,(H,17,18). The molecule has 0 saturated carbocycles. The first kappa shape index (κ1) is 13.6. The molecule has 1 N–H and O–H groups in total. The highest BCUT2D eigenvalue weighted by atomic mass is 79.9. The van der Waals surface area contributed by atoms with Crippen molar-refractivity contribution in [2.45, 2.75) is 31.7 Å². The highest BCUT2D eigenvalue weighted by Gasteiger charge is 2.40. The van der Waals surface area contributed by atoms with Gasteiger partial charge in [0.25, 0.3) is 0 Å². The number of benzene rings is 1. The van der Waals surface area contributed by atoms with Gasteiger partial charge in [0.1, 0.15) is 5.54 Å². The fourth-order valence-corrected chi connectivity index (χ4v) is 2.80. The topological polar surface area (TPSA) is 40.5 Å². The quantitative estimate of drug-likeness (QED) is 0.929. The predicted molar refractivity (Wildman–Crippen MR) is 74.7 cm³/mol. The molecule has 0 spiro atoms. The zero-order valence-corrected chi connectivity index (χ0v) is 12.1. The zero-order chi connectivity index (χ0) is 13.2. The Balaban J connectivity index is 2.20. The minimum atomic E-state index is -0.787. The van der Waals surface area contributed by atoms with E-state index in [1.807, 2.05) is 31.2 Å². The summed E-state index contributed by atoms with van der Waals surface area (Å²) in [4.78, 5) is 13.7. The number of carbonyl (C=O) groups is 1. The van der Waals surface area contributed by atoms with Gasteiger partial charge in [-0.1, -0.05) is 28.1 Å². The Hall–Kier alpha value is -0.870. The van der Waals surface area contributed by atoms with E-state index in [4.69, 9.17) is 0 Å². The van der Waals surface area contributed by atoms with Crippen molar-refractivity contribution < 1.29 is 9.90 Å². The molecule has 1 aliphatic heterocycles. The smallest absolute Gasteiger partial charge is 0.324 e. The molecule has 1 unspecified atom stereocenters. The second kappa shape index (κ2) is 5.41. The van der Waals surface area contributed by atoms with Crippen LogP contribution in [-0.2, 0) is 11.2 Å². The van der Waals surface area contributed by atoms with Gasteiger partial charge in [0.2, 0.25) is 0 Å². The van der Waals surface area contributed by atoms with Gasteiger partial charge in [-0.3, -0.25) is 9.69 Å². The summed E-state index contributed by atoms with van der Waals surface area (Å²) in [6.45, 7) is 3.61. The normalized spacial score (nSPS) is 19.7. The molecule has 1 atom stereocenters. The van der Waals surface area contributed by atoms with E-state index in [0.29, 0.717) is 6.42 Å². The van der Waals surface area contributed by atoms with Crippen LogP contribution in [0.4, 0.5) is 0 Å². The maximum absolute atomic E-state index is 11.6. The fourth-order valence-electron chi connectivity index (χ4n) is 2.53. The van der Waals surface area contributed by atoms with Crippen LogP contribution in [0.25, 0.3) is 0 Å². The Kier molecular flexibility index (Phi) is 4.07. The first-order valence-corrected chi connectivity index (χ1v) is 7.04. The molecular formula is C14H18BrNO2. The predicted octanol–water partition coefficient (Wildman–Crippen LogP) is 2.93. The van der Waals surface area contributed by atoms with E-state index in [2.05, 4.69) is 20.8 Å². The van der Waals surface area contributed by atoms with Gasteiger partial charge in [0.05, 0.1) is 0 Å². The molecule has 0 aliphatic carbocycles. The summed E-state index contributed by atoms with van der Waals surface area (Å²) in [5.74, 6) is -0.729. The van der Waals surface area contributed by atoms with E-state index in [1.54, 1.807) is 0 Å². The number of likely N-dealkylation sites (tertiary alicyclic amines) is 1. The van der Waals surface area contributed by atoms with Gasteiger partial charge < -0.3 is 5.11 Å². The van der Waals surface area contributed by atoms with Crippen LogP contribution in [0.15, 0.2) is 28.7 Å². The van der Waals surface area contributed by atoms with Crippen molar-refractivity contribution in [1.82, 2.24) is 4.90 Å². The fraction of sp³-hybridized carbons (Fsp3) is 0.500. The lowest BCUT2D eigenvalue weighted by Gasteiger charge is -2.35. The van der Waals surface area contributed by atoms with Crippen molar-refractivity contribution >= 4 is 21.9 Å². The number of aliphatic carboxylic acids is 1. The molecule has 18 heavy (non-hydrogen) atoms. The van der Waals surface area contributed by atoms with Gasteiger partial charge in [0, 0.05) is 10.9 Å². The molecule has 1 saturated heterocycles. The van der Waals surface area contributed by atoms with E-state index >= 15 is 0 Å². The van der Waals surface area contributed by atoms with Crippen molar-refractivity contribution in [2.75, 3.05) is 13.1 Å². The lowest BCUT2D eigenvalue weighted by atomic mass is 9.91. The van der Waals surface area contributed by atoms with Crippen LogP contribution in [0.1, 0.15) is 25.3 Å². The van der Waals surface area contributed by atoms with E-state index in [9.17, 15) is 9.90 Å². The van der Waals surface area contributed by atoms with Crippen molar-refractivity contribution in [1.29, 1.82) is 0 Å². The van der Waals surface area contributed by atoms with Gasteiger partial charge >= 0.3 is 5.97 Å². The SMILES string of the molecule is CC(Cc1ccc(Br)cc1)(C(=O)O)N1CCCC1. The number of nitrogens with zero attached hydrogens (tertiary/aromatic N) is 1. The van der Waals surface area contributed by atoms with Crippen molar-refractivity contribution in [3.05, 3.63) is 34.3 Å². The molecule has 0 amide bonds. The Morgan fingerprint density at radius 3 is 2.39 bits per heavy atom. The average molecular weight is 312 g/mol. The molecule has 98 valence electrons. The van der Waals surface area contributed by atoms with Crippen LogP contribution in [0, 0.1) is 0 Å². The number of hydrogen-bond acceptors (Lipinski definition) is 2. The minimum Gasteiger partial charge on any atom is -0.480 e. The Morgan fingerprint density at radius 1 is 1.33 bits per heavy atom. The Bertz CT molecular complexity index is 426. The maximum atomic E-state index is 11.6. The molecule has 1 heterocycles. The summed E-state index contributed by atoms with van der Waals surface area (Å²) in [7, 11) is 0. The molecule has 1 aliphatic rings. The highest BCUT2D eigenvalue weighted by Crippen LogP contribution is 2.26. The molecule has 1 fully saturated rings. The number of carboxylic acids is 1. The van der Waals surface area contributed by atoms with Crippen LogP contribution in [0.2, 0.25) is 0 Å². The molecular weight excluding hydrogens is 294 g/mol. The summed E-state index contributed by atoms with van der Waals surface area (Å²) in [6, 6.07) is 7.89. The van der Waals surface area contributed by atoms with Gasteiger partial charge in [0.15, 0.2) is 0 Å². The van der Waals surface area contributed by atoms with Gasteiger partial charge in [-0.2, -0.15) is 0 Å². The van der Waals surface area contributed by atoms with Crippen molar-refractivity contribution in [2.24, 2.45) is 0 Å². The maximum Gasteiger partial charge on any atom is 0.324 e. The molecule has 4 heteroatoms. The number of halogens is 1. The zero-order valence-electron chi connectivity index (χ0n) is 10.5. The molecule has 1 aromatic rings. The first-order chi connectivity index (χ1) is 8.52. The van der Waals surface area contributed by atoms with Gasteiger partial charge in [-0.05, 0) is 50.6 Å².